The zero-order chi connectivity index (χ0) is 14.2. The number of thioether (sulfide) groups is 2. The lowest BCUT2D eigenvalue weighted by atomic mass is 10.1. The molecule has 0 aliphatic carbocycles. The second-order valence-electron chi connectivity index (χ2n) is 3.36. The number of halogens is 1. The third kappa shape index (κ3) is 8.26. The fourth-order valence-electron chi connectivity index (χ4n) is 0.944. The van der Waals surface area contributed by atoms with E-state index in [0.717, 1.165) is 23.5 Å². The summed E-state index contributed by atoms with van der Waals surface area (Å²) in [6, 6.07) is 2.00. The van der Waals surface area contributed by atoms with Gasteiger partial charge >= 0.3 is 5.97 Å². The molecule has 3 unspecified atom stereocenters. The molecule has 0 rings (SSSR count). The maximum absolute atomic E-state index is 12.4. The van der Waals surface area contributed by atoms with Crippen LogP contribution in [0.3, 0.4) is 0 Å². The van der Waals surface area contributed by atoms with Gasteiger partial charge in [0.15, 0.2) is 0 Å². The summed E-state index contributed by atoms with van der Waals surface area (Å²) in [5.74, 6) is -0.0644. The monoisotopic (exact) mass is 329 g/mol. The summed E-state index contributed by atoms with van der Waals surface area (Å²) >= 11 is 2.01. The summed E-state index contributed by atoms with van der Waals surface area (Å²) in [6.07, 6.45) is 0.0646. The van der Waals surface area contributed by atoms with Gasteiger partial charge in [0.2, 0.25) is 4.45 Å². The van der Waals surface area contributed by atoms with Crippen LogP contribution >= 0.6 is 40.6 Å². The summed E-state index contributed by atoms with van der Waals surface area (Å²) < 4.78 is 15.6. The summed E-state index contributed by atoms with van der Waals surface area (Å²) in [6.45, 7) is 3.42. The van der Waals surface area contributed by atoms with Crippen molar-refractivity contribution in [3.63, 3.8) is 0 Å². The van der Waals surface area contributed by atoms with E-state index in [1.165, 1.54) is 0 Å². The smallest absolute Gasteiger partial charge is 0.310 e. The number of rotatable bonds is 6. The molecular weight excluding hydrogens is 315 g/mol. The van der Waals surface area contributed by atoms with E-state index in [4.69, 9.17) is 5.26 Å². The maximum Gasteiger partial charge on any atom is 0.310 e. The zero-order valence-electron chi connectivity index (χ0n) is 10.0. The van der Waals surface area contributed by atoms with E-state index in [9.17, 15) is 13.8 Å². The number of nitriles is 1. The van der Waals surface area contributed by atoms with Crippen molar-refractivity contribution in [2.75, 3.05) is 5.75 Å². The minimum Gasteiger partial charge on any atom is -0.410 e. The second-order valence-corrected chi connectivity index (χ2v) is 8.28. The molecule has 0 saturated heterocycles. The van der Waals surface area contributed by atoms with Crippen LogP contribution in [0.2, 0.25) is 0 Å². The first kappa shape index (κ1) is 18.1. The SMILES string of the molecule is CCSC(=O)SC(C)(C#N)CCC(=O)OP(F)P. The molecule has 0 bridgehead atoms. The van der Waals surface area contributed by atoms with Crippen LogP contribution in [0.15, 0.2) is 0 Å². The molecule has 18 heavy (non-hydrogen) atoms. The number of carbonyl (C=O) groups is 2. The molecule has 9 heteroatoms. The molecule has 0 aliphatic rings. The highest BCUT2D eigenvalue weighted by molar-refractivity contribution is 8.39. The van der Waals surface area contributed by atoms with Crippen LogP contribution < -0.4 is 0 Å². The molecule has 0 radical (unpaired) electrons. The van der Waals surface area contributed by atoms with Crippen molar-refractivity contribution in [2.45, 2.75) is 31.4 Å². The van der Waals surface area contributed by atoms with Crippen LogP contribution in [0.5, 0.6) is 0 Å². The highest BCUT2D eigenvalue weighted by Gasteiger charge is 2.29. The Morgan fingerprint density at radius 3 is 2.67 bits per heavy atom. The van der Waals surface area contributed by atoms with Gasteiger partial charge < -0.3 is 4.52 Å². The lowest BCUT2D eigenvalue weighted by Crippen LogP contribution is -2.20. The predicted molar refractivity (Wildman–Crippen MR) is 78.2 cm³/mol. The Kier molecular flexibility index (Phi) is 9.15. The topological polar surface area (TPSA) is 67.2 Å². The van der Waals surface area contributed by atoms with Gasteiger partial charge in [0.25, 0.3) is 8.15 Å². The number of hydrogen-bond donors (Lipinski definition) is 0. The normalized spacial score (nSPS) is 15.3. The van der Waals surface area contributed by atoms with Crippen molar-refractivity contribution in [2.24, 2.45) is 0 Å². The molecule has 0 fully saturated rings. The van der Waals surface area contributed by atoms with Crippen molar-refractivity contribution in [3.05, 3.63) is 0 Å². The average molecular weight is 329 g/mol. The van der Waals surface area contributed by atoms with Crippen molar-refractivity contribution >= 4 is 51.0 Å². The van der Waals surface area contributed by atoms with Gasteiger partial charge in [-0.3, -0.25) is 9.59 Å². The molecule has 0 aliphatic heterocycles. The Balaban J connectivity index is 4.28. The average Bonchev–Trinajstić information content (AvgIpc) is 2.26. The lowest BCUT2D eigenvalue weighted by molar-refractivity contribution is -0.133. The Morgan fingerprint density at radius 1 is 1.61 bits per heavy atom. The molecule has 0 aromatic rings. The highest BCUT2D eigenvalue weighted by atomic mass is 32.2. The van der Waals surface area contributed by atoms with Gasteiger partial charge in [0.05, 0.1) is 6.07 Å². The summed E-state index contributed by atoms with van der Waals surface area (Å²) in [5, 5.41) is 9.04. The molecule has 0 heterocycles. The van der Waals surface area contributed by atoms with Gasteiger partial charge in [-0.15, -0.1) is 0 Å². The quantitative estimate of drug-likeness (QED) is 0.678. The molecule has 0 saturated carbocycles. The summed E-state index contributed by atoms with van der Waals surface area (Å²) in [4.78, 5) is 22.6. The number of carbonyl (C=O) groups excluding carboxylic acids is 2. The third-order valence-corrected chi connectivity index (χ3v) is 4.54. The lowest BCUT2D eigenvalue weighted by Gasteiger charge is -2.18. The first-order chi connectivity index (χ1) is 8.33. The first-order valence-electron chi connectivity index (χ1n) is 5.01. The van der Waals surface area contributed by atoms with Gasteiger partial charge in [-0.1, -0.05) is 30.4 Å². The fraction of sp³-hybridized carbons (Fsp3) is 0.667. The third-order valence-electron chi connectivity index (χ3n) is 1.80. The second kappa shape index (κ2) is 9.09. The van der Waals surface area contributed by atoms with Gasteiger partial charge in [0.1, 0.15) is 4.75 Å². The molecule has 0 spiro atoms. The fourth-order valence-corrected chi connectivity index (χ4v) is 3.58. The summed E-state index contributed by atoms with van der Waals surface area (Å²) in [7, 11) is -0.544. The van der Waals surface area contributed by atoms with Crippen LogP contribution in [-0.4, -0.2) is 20.9 Å². The maximum atomic E-state index is 12.4. The van der Waals surface area contributed by atoms with Crippen LogP contribution in [0.1, 0.15) is 26.7 Å². The van der Waals surface area contributed by atoms with Crippen LogP contribution in [0.4, 0.5) is 8.99 Å². The molecule has 0 aromatic heterocycles. The van der Waals surface area contributed by atoms with E-state index in [1.54, 1.807) is 15.9 Å². The van der Waals surface area contributed by atoms with Gasteiger partial charge in [-0.25, -0.2) is 0 Å². The molecule has 0 aromatic carbocycles. The Labute approximate surface area is 118 Å². The minimum atomic E-state index is -2.31. The van der Waals surface area contributed by atoms with Gasteiger partial charge in [-0.2, -0.15) is 9.46 Å². The molecule has 4 nitrogen and oxygen atoms in total. The van der Waals surface area contributed by atoms with Crippen molar-refractivity contribution in [1.82, 2.24) is 0 Å². The van der Waals surface area contributed by atoms with Crippen molar-refractivity contribution < 1.29 is 18.3 Å². The van der Waals surface area contributed by atoms with E-state index in [2.05, 4.69) is 4.52 Å². The summed E-state index contributed by atoms with van der Waals surface area (Å²) in [5.41, 5.74) is 0. The molecule has 3 atom stereocenters. The molecular formula is C9H14FNO3P2S2. The van der Waals surface area contributed by atoms with E-state index >= 15 is 0 Å². The van der Waals surface area contributed by atoms with Crippen molar-refractivity contribution in [1.29, 1.82) is 5.26 Å². The van der Waals surface area contributed by atoms with Crippen LogP contribution in [0, 0.1) is 11.3 Å². The van der Waals surface area contributed by atoms with E-state index in [-0.39, 0.29) is 17.3 Å². The van der Waals surface area contributed by atoms with E-state index in [0.29, 0.717) is 5.75 Å². The number of nitrogens with zero attached hydrogens (tertiary/aromatic N) is 1. The Hall–Kier alpha value is 0.120. The largest absolute Gasteiger partial charge is 0.410 e. The van der Waals surface area contributed by atoms with E-state index in [1.807, 2.05) is 13.0 Å². The standard InChI is InChI=1S/C9H14FNO3P2S2/c1-3-17-8(13)18-9(2,6-11)5-4-7(12)14-16(10)15/h3-5,15H2,1-2H3. The molecule has 0 N–H and O–H groups in total. The Bertz CT molecular complexity index is 351. The van der Waals surface area contributed by atoms with Gasteiger partial charge in [0, 0.05) is 6.42 Å². The minimum absolute atomic E-state index is 0.0850. The Morgan fingerprint density at radius 2 is 2.22 bits per heavy atom. The van der Waals surface area contributed by atoms with Crippen LogP contribution in [0.25, 0.3) is 0 Å². The predicted octanol–water partition coefficient (Wildman–Crippen LogP) is 4.27. The van der Waals surface area contributed by atoms with Crippen molar-refractivity contribution in [3.8, 4) is 6.07 Å². The van der Waals surface area contributed by atoms with E-state index < -0.39 is 18.9 Å². The van der Waals surface area contributed by atoms with Crippen LogP contribution in [-0.2, 0) is 9.32 Å². The van der Waals surface area contributed by atoms with Gasteiger partial charge in [-0.05, 0) is 28.0 Å². The first-order valence-corrected chi connectivity index (χ1v) is 9.58. The highest BCUT2D eigenvalue weighted by Crippen LogP contribution is 2.47. The number of hydrogen-bond acceptors (Lipinski definition) is 6. The molecule has 0 amide bonds. The molecule has 102 valence electrons. The zero-order valence-corrected chi connectivity index (χ0v) is 13.7.